The van der Waals surface area contributed by atoms with Crippen molar-refractivity contribution in [2.75, 3.05) is 26.2 Å². The maximum Gasteiger partial charge on any atom is 0.195 e. The summed E-state index contributed by atoms with van der Waals surface area (Å²) in [5.41, 5.74) is 2.34. The number of carbonyl (C=O) groups excluding carboxylic acids is 1. The minimum Gasteiger partial charge on any atom is -0.497 e. The van der Waals surface area contributed by atoms with Crippen molar-refractivity contribution in [1.82, 2.24) is 0 Å². The Morgan fingerprint density at radius 3 is 2.05 bits per heavy atom. The number of hydrogen-bond acceptors (Lipinski definition) is 5. The Balaban J connectivity index is 1.51. The van der Waals surface area contributed by atoms with Crippen LogP contribution in [0.25, 0.3) is 20.5 Å². The van der Waals surface area contributed by atoms with Crippen LogP contribution in [0.3, 0.4) is 0 Å². The van der Waals surface area contributed by atoms with E-state index in [1.807, 2.05) is 66.7 Å². The summed E-state index contributed by atoms with van der Waals surface area (Å²) in [6.07, 6.45) is 7.30. The molecule has 0 aliphatic carbocycles. The van der Waals surface area contributed by atoms with Gasteiger partial charge in [-0.05, 0) is 85.1 Å². The highest BCUT2D eigenvalue weighted by Crippen LogP contribution is 2.41. The number of methoxy groups -OCH3 is 2. The zero-order valence-electron chi connectivity index (χ0n) is 21.4. The van der Waals surface area contributed by atoms with Crippen LogP contribution in [-0.2, 0) is 0 Å². The van der Waals surface area contributed by atoms with Crippen molar-refractivity contribution in [3.05, 3.63) is 77.9 Å². The Bertz CT molecular complexity index is 1300. The van der Waals surface area contributed by atoms with E-state index in [4.69, 9.17) is 14.2 Å². The van der Waals surface area contributed by atoms with Crippen LogP contribution in [0, 0.1) is 0 Å². The molecule has 37 heavy (non-hydrogen) atoms. The molecule has 0 radical (unpaired) electrons. The molecule has 4 aromatic rings. The monoisotopic (exact) mass is 580 g/mol. The van der Waals surface area contributed by atoms with Gasteiger partial charge in [-0.2, -0.15) is 0 Å². The van der Waals surface area contributed by atoms with E-state index >= 15 is 0 Å². The maximum absolute atomic E-state index is 13.8. The standard InChI is InChI=1S/C31H33BrO4S/c1-34-24-13-11-23(12-14-24)31-29(27-18-17-26(35-2)21-28(27)37-31)30(33)22-9-15-25(16-10-22)36-20-8-6-4-3-5-7-19-32/h9-18,21H,3-8,19-20H2,1-2H3. The summed E-state index contributed by atoms with van der Waals surface area (Å²) in [5, 5.41) is 2.02. The molecular formula is C31H33BrO4S. The molecule has 194 valence electrons. The summed E-state index contributed by atoms with van der Waals surface area (Å²) in [6.45, 7) is 0.699. The number of thiophene rings is 1. The van der Waals surface area contributed by atoms with Crippen LogP contribution in [0.5, 0.6) is 17.2 Å². The Hall–Kier alpha value is -2.83. The van der Waals surface area contributed by atoms with Crippen LogP contribution in [0.2, 0.25) is 0 Å². The van der Waals surface area contributed by atoms with Gasteiger partial charge >= 0.3 is 0 Å². The molecule has 6 heteroatoms. The predicted molar refractivity (Wildman–Crippen MR) is 157 cm³/mol. The molecule has 0 bridgehead atoms. The highest BCUT2D eigenvalue weighted by atomic mass is 79.9. The molecule has 1 heterocycles. The molecule has 3 aromatic carbocycles. The lowest BCUT2D eigenvalue weighted by atomic mass is 9.97. The Kier molecular flexibility index (Phi) is 10.0. The third-order valence-electron chi connectivity index (χ3n) is 6.39. The van der Waals surface area contributed by atoms with Gasteiger partial charge in [0.05, 0.1) is 20.8 Å². The first kappa shape index (κ1) is 27.2. The van der Waals surface area contributed by atoms with Crippen LogP contribution < -0.4 is 14.2 Å². The Morgan fingerprint density at radius 2 is 1.38 bits per heavy atom. The number of unbranched alkanes of at least 4 members (excludes halogenated alkanes) is 5. The molecule has 4 nitrogen and oxygen atoms in total. The van der Waals surface area contributed by atoms with Gasteiger partial charge in [-0.25, -0.2) is 0 Å². The third kappa shape index (κ3) is 6.93. The minimum atomic E-state index is -0.00253. The number of fused-ring (bicyclic) bond motifs is 1. The van der Waals surface area contributed by atoms with Crippen molar-refractivity contribution in [3.63, 3.8) is 0 Å². The normalized spacial score (nSPS) is 11.0. The number of rotatable bonds is 14. The molecule has 0 N–H and O–H groups in total. The molecule has 0 atom stereocenters. The second-order valence-corrected chi connectivity index (χ2v) is 10.8. The van der Waals surface area contributed by atoms with Gasteiger partial charge in [0.15, 0.2) is 5.78 Å². The average Bonchev–Trinajstić information content (AvgIpc) is 3.33. The molecule has 1 aromatic heterocycles. The Morgan fingerprint density at radius 1 is 0.757 bits per heavy atom. The molecular weight excluding hydrogens is 548 g/mol. The van der Waals surface area contributed by atoms with Crippen molar-refractivity contribution < 1.29 is 19.0 Å². The third-order valence-corrected chi connectivity index (χ3v) is 8.15. The first-order valence-electron chi connectivity index (χ1n) is 12.7. The van der Waals surface area contributed by atoms with E-state index in [0.29, 0.717) is 17.7 Å². The second-order valence-electron chi connectivity index (χ2n) is 8.91. The van der Waals surface area contributed by atoms with Crippen molar-refractivity contribution in [2.24, 2.45) is 0 Å². The first-order chi connectivity index (χ1) is 18.1. The van der Waals surface area contributed by atoms with Gasteiger partial charge in [-0.3, -0.25) is 4.79 Å². The Labute approximate surface area is 231 Å². The van der Waals surface area contributed by atoms with Crippen LogP contribution >= 0.6 is 27.3 Å². The van der Waals surface area contributed by atoms with E-state index in [1.54, 1.807) is 25.6 Å². The molecule has 0 saturated heterocycles. The van der Waals surface area contributed by atoms with Gasteiger partial charge in [-0.1, -0.05) is 41.6 Å². The number of alkyl halides is 1. The quantitative estimate of drug-likeness (QED) is 0.0847. The van der Waals surface area contributed by atoms with Crippen molar-refractivity contribution in [2.45, 2.75) is 38.5 Å². The van der Waals surface area contributed by atoms with E-state index in [2.05, 4.69) is 15.9 Å². The number of ketones is 1. The molecule has 0 amide bonds. The van der Waals surface area contributed by atoms with E-state index in [0.717, 1.165) is 49.5 Å². The number of halogens is 1. The number of carbonyl (C=O) groups is 1. The van der Waals surface area contributed by atoms with Gasteiger partial charge < -0.3 is 14.2 Å². The van der Waals surface area contributed by atoms with E-state index in [1.165, 1.54) is 32.1 Å². The van der Waals surface area contributed by atoms with Crippen LogP contribution in [0.1, 0.15) is 54.4 Å². The van der Waals surface area contributed by atoms with Crippen molar-refractivity contribution in [1.29, 1.82) is 0 Å². The molecule has 0 spiro atoms. The fourth-order valence-electron chi connectivity index (χ4n) is 4.32. The number of ether oxygens (including phenoxy) is 3. The first-order valence-corrected chi connectivity index (χ1v) is 14.7. The van der Waals surface area contributed by atoms with Crippen LogP contribution in [-0.4, -0.2) is 31.9 Å². The minimum absolute atomic E-state index is 0.00253. The van der Waals surface area contributed by atoms with Crippen molar-refractivity contribution >= 4 is 43.1 Å². The zero-order valence-corrected chi connectivity index (χ0v) is 23.8. The highest BCUT2D eigenvalue weighted by molar-refractivity contribution is 9.09. The highest BCUT2D eigenvalue weighted by Gasteiger charge is 2.22. The molecule has 0 fully saturated rings. The summed E-state index contributed by atoms with van der Waals surface area (Å²) in [7, 11) is 3.30. The van der Waals surface area contributed by atoms with Gasteiger partial charge in [0, 0.05) is 31.4 Å². The van der Waals surface area contributed by atoms with Crippen LogP contribution in [0.4, 0.5) is 0 Å². The summed E-state index contributed by atoms with van der Waals surface area (Å²) in [6, 6.07) is 21.2. The lowest BCUT2D eigenvalue weighted by molar-refractivity contribution is 0.104. The fraction of sp³-hybridized carbons (Fsp3) is 0.323. The van der Waals surface area contributed by atoms with Gasteiger partial charge in [0.1, 0.15) is 17.2 Å². The molecule has 0 saturated carbocycles. The summed E-state index contributed by atoms with van der Waals surface area (Å²) < 4.78 is 17.7. The van der Waals surface area contributed by atoms with Crippen molar-refractivity contribution in [3.8, 4) is 27.7 Å². The predicted octanol–water partition coefficient (Wildman–Crippen LogP) is 8.93. The zero-order chi connectivity index (χ0) is 26.0. The summed E-state index contributed by atoms with van der Waals surface area (Å²) >= 11 is 5.08. The molecule has 0 aliphatic heterocycles. The molecule has 0 unspecified atom stereocenters. The lowest BCUT2D eigenvalue weighted by Crippen LogP contribution is -2.03. The SMILES string of the molecule is COc1ccc(-c2sc3cc(OC)ccc3c2C(=O)c2ccc(OCCCCCCCCBr)cc2)cc1. The largest absolute Gasteiger partial charge is 0.497 e. The van der Waals surface area contributed by atoms with Crippen LogP contribution in [0.15, 0.2) is 66.7 Å². The smallest absolute Gasteiger partial charge is 0.195 e. The van der Waals surface area contributed by atoms with E-state index in [9.17, 15) is 4.79 Å². The van der Waals surface area contributed by atoms with E-state index in [-0.39, 0.29) is 5.78 Å². The van der Waals surface area contributed by atoms with Gasteiger partial charge in [0.2, 0.25) is 0 Å². The second kappa shape index (κ2) is 13.6. The topological polar surface area (TPSA) is 44.8 Å². The fourth-order valence-corrected chi connectivity index (χ4v) is 5.95. The molecule has 4 rings (SSSR count). The number of hydrogen-bond donors (Lipinski definition) is 0. The number of benzene rings is 3. The average molecular weight is 582 g/mol. The maximum atomic E-state index is 13.8. The van der Waals surface area contributed by atoms with Gasteiger partial charge in [-0.15, -0.1) is 11.3 Å². The van der Waals surface area contributed by atoms with E-state index < -0.39 is 0 Å². The lowest BCUT2D eigenvalue weighted by Gasteiger charge is -2.09. The summed E-state index contributed by atoms with van der Waals surface area (Å²) in [5.74, 6) is 2.35. The van der Waals surface area contributed by atoms with Gasteiger partial charge in [0.25, 0.3) is 0 Å². The summed E-state index contributed by atoms with van der Waals surface area (Å²) in [4.78, 5) is 14.8. The molecule has 0 aliphatic rings.